The molecule has 0 aliphatic carbocycles. The Hall–Kier alpha value is -0.610. The van der Waals surface area contributed by atoms with Gasteiger partial charge in [0.1, 0.15) is 0 Å². The summed E-state index contributed by atoms with van der Waals surface area (Å²) in [6.07, 6.45) is 0. The van der Waals surface area contributed by atoms with Crippen LogP contribution < -0.4 is 11.1 Å². The number of nitrogens with one attached hydrogen (secondary N) is 1. The predicted molar refractivity (Wildman–Crippen MR) is 52.1 cm³/mol. The normalized spacial score (nSPS) is 14.4. The molecule has 0 saturated carbocycles. The minimum Gasteiger partial charge on any atom is -0.394 e. The van der Waals surface area contributed by atoms with Gasteiger partial charge in [0.15, 0.2) is 0 Å². The third-order valence-corrected chi connectivity index (χ3v) is 1.90. The maximum Gasteiger partial charge on any atom is 0.239 e. The van der Waals surface area contributed by atoms with Gasteiger partial charge in [0.25, 0.3) is 0 Å². The van der Waals surface area contributed by atoms with Crippen molar-refractivity contribution in [2.24, 2.45) is 11.7 Å². The molecule has 0 aromatic carbocycles. The van der Waals surface area contributed by atoms with Crippen LogP contribution in [0.1, 0.15) is 27.7 Å². The fourth-order valence-electron chi connectivity index (χ4n) is 0.778. The van der Waals surface area contributed by atoms with E-state index in [1.807, 2.05) is 13.8 Å². The topological polar surface area (TPSA) is 75.3 Å². The van der Waals surface area contributed by atoms with Crippen LogP contribution in [0.2, 0.25) is 0 Å². The van der Waals surface area contributed by atoms with E-state index >= 15 is 0 Å². The molecule has 1 atom stereocenters. The first kappa shape index (κ1) is 12.4. The lowest BCUT2D eigenvalue weighted by molar-refractivity contribution is -0.126. The number of nitrogens with two attached hydrogens (primary N) is 1. The Bertz CT molecular complexity index is 173. The second-order valence-corrected chi connectivity index (χ2v) is 4.23. The molecule has 0 aromatic rings. The monoisotopic (exact) mass is 188 g/mol. The van der Waals surface area contributed by atoms with Crippen LogP contribution >= 0.6 is 0 Å². The minimum absolute atomic E-state index is 0.0561. The molecule has 0 saturated heterocycles. The first-order valence-corrected chi connectivity index (χ1v) is 4.49. The summed E-state index contributed by atoms with van der Waals surface area (Å²) in [6, 6.07) is -0.213. The van der Waals surface area contributed by atoms with E-state index in [2.05, 4.69) is 5.32 Å². The van der Waals surface area contributed by atoms with Crippen molar-refractivity contribution in [1.82, 2.24) is 5.32 Å². The number of carbonyl (C=O) groups is 1. The SMILES string of the molecule is CC(C)C(CO)NC(=O)C(C)(C)N. The fourth-order valence-corrected chi connectivity index (χ4v) is 0.778. The highest BCUT2D eigenvalue weighted by atomic mass is 16.3. The summed E-state index contributed by atoms with van der Waals surface area (Å²) in [5, 5.41) is 11.6. The van der Waals surface area contributed by atoms with E-state index in [-0.39, 0.29) is 24.5 Å². The van der Waals surface area contributed by atoms with Gasteiger partial charge in [-0.3, -0.25) is 4.79 Å². The molecule has 78 valence electrons. The van der Waals surface area contributed by atoms with Crippen molar-refractivity contribution in [3.63, 3.8) is 0 Å². The largest absolute Gasteiger partial charge is 0.394 e. The Morgan fingerprint density at radius 1 is 1.54 bits per heavy atom. The third kappa shape index (κ3) is 4.24. The maximum atomic E-state index is 11.4. The molecule has 0 aliphatic heterocycles. The van der Waals surface area contributed by atoms with E-state index in [1.165, 1.54) is 0 Å². The lowest BCUT2D eigenvalue weighted by Gasteiger charge is -2.25. The van der Waals surface area contributed by atoms with E-state index < -0.39 is 5.54 Å². The Labute approximate surface area is 79.5 Å². The number of aliphatic hydroxyl groups excluding tert-OH is 1. The molecule has 0 heterocycles. The van der Waals surface area contributed by atoms with Crippen LogP contribution in [0.15, 0.2) is 0 Å². The van der Waals surface area contributed by atoms with E-state index in [4.69, 9.17) is 10.8 Å². The first-order valence-electron chi connectivity index (χ1n) is 4.49. The van der Waals surface area contributed by atoms with Gasteiger partial charge in [0.2, 0.25) is 5.91 Å². The van der Waals surface area contributed by atoms with Gasteiger partial charge in [0.05, 0.1) is 18.2 Å². The highest BCUT2D eigenvalue weighted by Crippen LogP contribution is 2.03. The predicted octanol–water partition coefficient (Wildman–Crippen LogP) is -0.143. The molecule has 0 bridgehead atoms. The molecule has 4 nitrogen and oxygen atoms in total. The van der Waals surface area contributed by atoms with Crippen molar-refractivity contribution >= 4 is 5.91 Å². The van der Waals surface area contributed by atoms with Crippen LogP contribution in [0, 0.1) is 5.92 Å². The van der Waals surface area contributed by atoms with Gasteiger partial charge in [-0.15, -0.1) is 0 Å². The molecule has 0 aromatic heterocycles. The fraction of sp³-hybridized carbons (Fsp3) is 0.889. The molecule has 0 rings (SSSR count). The standard InChI is InChI=1S/C9H20N2O2/c1-6(2)7(5-12)11-8(13)9(3,4)10/h6-7,12H,5,10H2,1-4H3,(H,11,13). The van der Waals surface area contributed by atoms with Crippen molar-refractivity contribution in [2.75, 3.05) is 6.61 Å². The highest BCUT2D eigenvalue weighted by Gasteiger charge is 2.25. The van der Waals surface area contributed by atoms with Crippen molar-refractivity contribution in [1.29, 1.82) is 0 Å². The van der Waals surface area contributed by atoms with Gasteiger partial charge < -0.3 is 16.2 Å². The van der Waals surface area contributed by atoms with Crippen molar-refractivity contribution < 1.29 is 9.90 Å². The van der Waals surface area contributed by atoms with E-state index in [0.29, 0.717) is 0 Å². The van der Waals surface area contributed by atoms with E-state index in [9.17, 15) is 4.79 Å². The summed E-state index contributed by atoms with van der Waals surface area (Å²) in [5.41, 5.74) is 4.70. The average molecular weight is 188 g/mol. The zero-order valence-corrected chi connectivity index (χ0v) is 8.79. The third-order valence-electron chi connectivity index (χ3n) is 1.90. The first-order chi connectivity index (χ1) is 5.79. The smallest absolute Gasteiger partial charge is 0.239 e. The molecule has 13 heavy (non-hydrogen) atoms. The molecule has 4 N–H and O–H groups in total. The number of hydrogen-bond donors (Lipinski definition) is 3. The summed E-state index contributed by atoms with van der Waals surface area (Å²) < 4.78 is 0. The van der Waals surface area contributed by atoms with Crippen LogP contribution in [-0.2, 0) is 4.79 Å². The molecule has 1 amide bonds. The lowest BCUT2D eigenvalue weighted by Crippen LogP contribution is -2.54. The summed E-state index contributed by atoms with van der Waals surface area (Å²) in [4.78, 5) is 11.4. The molecule has 0 radical (unpaired) electrons. The molecule has 0 spiro atoms. The maximum absolute atomic E-state index is 11.4. The molecule has 0 fully saturated rings. The van der Waals surface area contributed by atoms with Gasteiger partial charge in [-0.25, -0.2) is 0 Å². The van der Waals surface area contributed by atoms with Crippen molar-refractivity contribution in [3.05, 3.63) is 0 Å². The van der Waals surface area contributed by atoms with Crippen LogP contribution in [0.5, 0.6) is 0 Å². The van der Waals surface area contributed by atoms with Crippen LogP contribution in [0.25, 0.3) is 0 Å². The number of carbonyl (C=O) groups excluding carboxylic acids is 1. The number of rotatable bonds is 4. The quantitative estimate of drug-likeness (QED) is 0.574. The van der Waals surface area contributed by atoms with Gasteiger partial charge >= 0.3 is 0 Å². The van der Waals surface area contributed by atoms with E-state index in [0.717, 1.165) is 0 Å². The van der Waals surface area contributed by atoms with Crippen molar-refractivity contribution in [3.8, 4) is 0 Å². The molecule has 0 aliphatic rings. The zero-order chi connectivity index (χ0) is 10.6. The second-order valence-electron chi connectivity index (χ2n) is 4.23. The van der Waals surface area contributed by atoms with Gasteiger partial charge in [-0.05, 0) is 19.8 Å². The van der Waals surface area contributed by atoms with Crippen LogP contribution in [0.4, 0.5) is 0 Å². The highest BCUT2D eigenvalue weighted by molar-refractivity contribution is 5.85. The van der Waals surface area contributed by atoms with Crippen LogP contribution in [0.3, 0.4) is 0 Å². The molecule has 1 unspecified atom stereocenters. The zero-order valence-electron chi connectivity index (χ0n) is 8.79. The minimum atomic E-state index is -0.887. The molecular weight excluding hydrogens is 168 g/mol. The van der Waals surface area contributed by atoms with Crippen LogP contribution in [-0.4, -0.2) is 29.2 Å². The van der Waals surface area contributed by atoms with Gasteiger partial charge in [-0.1, -0.05) is 13.8 Å². The molecular formula is C9H20N2O2. The Kier molecular flexibility index (Phi) is 4.36. The number of aliphatic hydroxyl groups is 1. The molecule has 4 heteroatoms. The lowest BCUT2D eigenvalue weighted by atomic mass is 10.0. The Balaban J connectivity index is 4.18. The Morgan fingerprint density at radius 2 is 2.00 bits per heavy atom. The van der Waals surface area contributed by atoms with Gasteiger partial charge in [-0.2, -0.15) is 0 Å². The Morgan fingerprint density at radius 3 is 2.23 bits per heavy atom. The van der Waals surface area contributed by atoms with Gasteiger partial charge in [0, 0.05) is 0 Å². The number of amides is 1. The number of hydrogen-bond acceptors (Lipinski definition) is 3. The van der Waals surface area contributed by atoms with Crippen molar-refractivity contribution in [2.45, 2.75) is 39.3 Å². The summed E-state index contributed by atoms with van der Waals surface area (Å²) in [7, 11) is 0. The summed E-state index contributed by atoms with van der Waals surface area (Å²) in [6.45, 7) is 7.09. The second kappa shape index (κ2) is 4.58. The summed E-state index contributed by atoms with van der Waals surface area (Å²) >= 11 is 0. The average Bonchev–Trinajstić information content (AvgIpc) is 1.96. The summed E-state index contributed by atoms with van der Waals surface area (Å²) in [5.74, 6) is -0.0310. The van der Waals surface area contributed by atoms with E-state index in [1.54, 1.807) is 13.8 Å².